The van der Waals surface area contributed by atoms with Crippen LogP contribution in [0.15, 0.2) is 79.4 Å². The Kier molecular flexibility index (Phi) is 6.62. The van der Waals surface area contributed by atoms with E-state index in [2.05, 4.69) is 85.1 Å². The van der Waals surface area contributed by atoms with Crippen molar-refractivity contribution in [2.45, 2.75) is 39.3 Å². The number of benzene rings is 3. The van der Waals surface area contributed by atoms with Crippen LogP contribution in [0.5, 0.6) is 0 Å². The minimum atomic E-state index is 0.890. The van der Waals surface area contributed by atoms with E-state index in [9.17, 15) is 0 Å². The Labute approximate surface area is 158 Å². The molecule has 3 aromatic carbocycles. The van der Waals surface area contributed by atoms with Crippen molar-refractivity contribution in [1.29, 1.82) is 0 Å². The van der Waals surface area contributed by atoms with E-state index in [-0.39, 0.29) is 0 Å². The highest BCUT2D eigenvalue weighted by Gasteiger charge is 2.08. The summed E-state index contributed by atoms with van der Waals surface area (Å²) in [7, 11) is 0. The molecule has 0 N–H and O–H groups in total. The number of hydrogen-bond acceptors (Lipinski definition) is 1. The van der Waals surface area contributed by atoms with Gasteiger partial charge in [0, 0.05) is 19.6 Å². The molecule has 134 valence electrons. The van der Waals surface area contributed by atoms with Gasteiger partial charge in [0.25, 0.3) is 0 Å². The molecular weight excluding hydrogens is 314 g/mol. The first-order chi connectivity index (χ1) is 12.8. The smallest absolute Gasteiger partial charge is 0.0246 e. The molecular formula is C25H29N. The molecule has 0 aliphatic carbocycles. The van der Waals surface area contributed by atoms with Crippen molar-refractivity contribution in [3.05, 3.63) is 96.1 Å². The van der Waals surface area contributed by atoms with Gasteiger partial charge in [-0.1, -0.05) is 86.2 Å². The van der Waals surface area contributed by atoms with Gasteiger partial charge in [-0.3, -0.25) is 4.90 Å². The third-order valence-electron chi connectivity index (χ3n) is 4.91. The van der Waals surface area contributed by atoms with E-state index in [1.54, 1.807) is 0 Å². The van der Waals surface area contributed by atoms with Crippen LogP contribution in [0.2, 0.25) is 0 Å². The molecule has 0 saturated carbocycles. The second-order valence-corrected chi connectivity index (χ2v) is 7.02. The molecule has 26 heavy (non-hydrogen) atoms. The molecule has 0 aliphatic rings. The summed E-state index contributed by atoms with van der Waals surface area (Å²) in [6, 6.07) is 24.4. The first-order valence-electron chi connectivity index (χ1n) is 9.68. The van der Waals surface area contributed by atoms with Crippen LogP contribution in [0, 0.1) is 0 Å². The highest BCUT2D eigenvalue weighted by Crippen LogP contribution is 2.21. The maximum Gasteiger partial charge on any atom is 0.0246 e. The first kappa shape index (κ1) is 18.4. The van der Waals surface area contributed by atoms with Gasteiger partial charge in [0.15, 0.2) is 0 Å². The van der Waals surface area contributed by atoms with E-state index in [0.717, 1.165) is 19.6 Å². The summed E-state index contributed by atoms with van der Waals surface area (Å²) in [6.45, 7) is 8.97. The largest absolute Gasteiger partial charge is 0.291 e. The molecule has 0 heterocycles. The summed E-state index contributed by atoms with van der Waals surface area (Å²) in [6.07, 6.45) is 5.70. The molecule has 0 aliphatic heterocycles. The van der Waals surface area contributed by atoms with E-state index in [4.69, 9.17) is 0 Å². The number of aryl methyl sites for hydroxylation is 1. The van der Waals surface area contributed by atoms with Crippen LogP contribution in [0.25, 0.3) is 10.8 Å². The van der Waals surface area contributed by atoms with E-state index < -0.39 is 0 Å². The van der Waals surface area contributed by atoms with Crippen molar-refractivity contribution < 1.29 is 0 Å². The van der Waals surface area contributed by atoms with E-state index in [1.165, 1.54) is 46.7 Å². The predicted octanol–water partition coefficient (Wildman–Crippen LogP) is 6.37. The zero-order valence-corrected chi connectivity index (χ0v) is 15.8. The fraction of sp³-hybridized carbons (Fsp3) is 0.280. The molecule has 0 aromatic heterocycles. The monoisotopic (exact) mass is 343 g/mol. The summed E-state index contributed by atoms with van der Waals surface area (Å²) in [5.74, 6) is 0. The topological polar surface area (TPSA) is 3.24 Å². The number of fused-ring (bicyclic) bond motifs is 1. The van der Waals surface area contributed by atoms with Gasteiger partial charge in [0.2, 0.25) is 0 Å². The van der Waals surface area contributed by atoms with Crippen molar-refractivity contribution >= 4 is 10.8 Å². The Hall–Kier alpha value is -2.38. The molecule has 3 rings (SSSR count). The van der Waals surface area contributed by atoms with Crippen LogP contribution in [0.4, 0.5) is 0 Å². The second-order valence-electron chi connectivity index (χ2n) is 7.02. The highest BCUT2D eigenvalue weighted by atomic mass is 15.1. The maximum atomic E-state index is 3.95. The van der Waals surface area contributed by atoms with Crippen molar-refractivity contribution in [1.82, 2.24) is 4.90 Å². The first-order valence-corrected chi connectivity index (χ1v) is 9.68. The summed E-state index contributed by atoms with van der Waals surface area (Å²) in [5, 5.41) is 2.66. The molecule has 0 fully saturated rings. The SMILES string of the molecule is C=CCN(Cc1ccc(CCCC)cc1)Cc1cccc2ccccc12. The molecule has 3 aromatic rings. The number of rotatable bonds is 9. The molecule has 1 heteroatoms. The highest BCUT2D eigenvalue weighted by molar-refractivity contribution is 5.85. The lowest BCUT2D eigenvalue weighted by Crippen LogP contribution is -2.23. The Morgan fingerprint density at radius 1 is 0.846 bits per heavy atom. The third kappa shape index (κ3) is 4.83. The molecule has 0 spiro atoms. The molecule has 0 bridgehead atoms. The Morgan fingerprint density at radius 3 is 2.35 bits per heavy atom. The van der Waals surface area contributed by atoms with Gasteiger partial charge in [0.05, 0.1) is 0 Å². The molecule has 0 saturated heterocycles. The molecule has 0 radical (unpaired) electrons. The fourth-order valence-corrected chi connectivity index (χ4v) is 3.49. The Bertz CT molecular complexity index is 827. The molecule has 0 amide bonds. The lowest BCUT2D eigenvalue weighted by molar-refractivity contribution is 0.287. The number of hydrogen-bond donors (Lipinski definition) is 0. The van der Waals surface area contributed by atoms with E-state index in [0.29, 0.717) is 0 Å². The average Bonchev–Trinajstić information content (AvgIpc) is 2.68. The lowest BCUT2D eigenvalue weighted by atomic mass is 10.0. The van der Waals surface area contributed by atoms with Crippen molar-refractivity contribution in [3.8, 4) is 0 Å². The van der Waals surface area contributed by atoms with Gasteiger partial charge >= 0.3 is 0 Å². The number of nitrogens with zero attached hydrogens (tertiary/aromatic N) is 1. The van der Waals surface area contributed by atoms with E-state index >= 15 is 0 Å². The maximum absolute atomic E-state index is 3.95. The quantitative estimate of drug-likeness (QED) is 0.408. The summed E-state index contributed by atoms with van der Waals surface area (Å²) in [5.41, 5.74) is 4.19. The summed E-state index contributed by atoms with van der Waals surface area (Å²) < 4.78 is 0. The summed E-state index contributed by atoms with van der Waals surface area (Å²) >= 11 is 0. The third-order valence-corrected chi connectivity index (χ3v) is 4.91. The Balaban J connectivity index is 1.73. The summed E-state index contributed by atoms with van der Waals surface area (Å²) in [4.78, 5) is 2.45. The normalized spacial score (nSPS) is 11.2. The number of unbranched alkanes of at least 4 members (excludes halogenated alkanes) is 1. The van der Waals surface area contributed by atoms with Gasteiger partial charge in [-0.15, -0.1) is 6.58 Å². The fourth-order valence-electron chi connectivity index (χ4n) is 3.49. The van der Waals surface area contributed by atoms with Gasteiger partial charge in [-0.05, 0) is 40.3 Å². The lowest BCUT2D eigenvalue weighted by Gasteiger charge is -2.22. The molecule has 0 atom stereocenters. The van der Waals surface area contributed by atoms with Gasteiger partial charge in [-0.25, -0.2) is 0 Å². The van der Waals surface area contributed by atoms with Gasteiger partial charge in [0.1, 0.15) is 0 Å². The minimum Gasteiger partial charge on any atom is -0.291 e. The predicted molar refractivity (Wildman–Crippen MR) is 113 cm³/mol. The van der Waals surface area contributed by atoms with Crippen molar-refractivity contribution in [2.75, 3.05) is 6.54 Å². The van der Waals surface area contributed by atoms with Crippen LogP contribution in [-0.2, 0) is 19.5 Å². The van der Waals surface area contributed by atoms with Crippen LogP contribution in [-0.4, -0.2) is 11.4 Å². The van der Waals surface area contributed by atoms with Crippen LogP contribution in [0.3, 0.4) is 0 Å². The van der Waals surface area contributed by atoms with Crippen LogP contribution >= 0.6 is 0 Å². The standard InChI is InChI=1S/C25H29N/c1-3-5-9-21-14-16-22(17-15-21)19-26(18-4-2)20-24-12-8-11-23-10-6-7-13-25(23)24/h4,6-8,10-17H,2-3,5,9,18-20H2,1H3. The van der Waals surface area contributed by atoms with E-state index in [1.807, 2.05) is 6.08 Å². The van der Waals surface area contributed by atoms with Crippen molar-refractivity contribution in [3.63, 3.8) is 0 Å². The second kappa shape index (κ2) is 9.35. The van der Waals surface area contributed by atoms with Crippen LogP contribution in [0.1, 0.15) is 36.5 Å². The minimum absolute atomic E-state index is 0.890. The zero-order valence-electron chi connectivity index (χ0n) is 15.8. The van der Waals surface area contributed by atoms with Crippen LogP contribution < -0.4 is 0 Å². The van der Waals surface area contributed by atoms with Gasteiger partial charge < -0.3 is 0 Å². The van der Waals surface area contributed by atoms with Gasteiger partial charge in [-0.2, -0.15) is 0 Å². The zero-order chi connectivity index (χ0) is 18.2. The Morgan fingerprint density at radius 2 is 1.58 bits per heavy atom. The molecule has 1 nitrogen and oxygen atoms in total. The molecule has 0 unspecified atom stereocenters. The van der Waals surface area contributed by atoms with Crippen molar-refractivity contribution in [2.24, 2.45) is 0 Å². The average molecular weight is 344 g/mol.